The van der Waals surface area contributed by atoms with Crippen LogP contribution < -0.4 is 10.9 Å². The first kappa shape index (κ1) is 17.2. The third-order valence-electron chi connectivity index (χ3n) is 5.55. The van der Waals surface area contributed by atoms with E-state index in [1.54, 1.807) is 17.0 Å². The highest BCUT2D eigenvalue weighted by molar-refractivity contribution is 5.76. The highest BCUT2D eigenvalue weighted by Gasteiger charge is 2.19. The Morgan fingerprint density at radius 1 is 1.12 bits per heavy atom. The summed E-state index contributed by atoms with van der Waals surface area (Å²) in [5.74, 6) is 1.13. The zero-order chi connectivity index (χ0) is 16.8. The van der Waals surface area contributed by atoms with Gasteiger partial charge in [0.2, 0.25) is 5.91 Å². The van der Waals surface area contributed by atoms with Gasteiger partial charge in [-0.05, 0) is 31.6 Å². The molecular weight excluding hydrogens is 302 g/mol. The van der Waals surface area contributed by atoms with E-state index in [1.807, 2.05) is 0 Å². The van der Waals surface area contributed by atoms with Crippen molar-refractivity contribution in [3.8, 4) is 0 Å². The molecule has 3 rings (SSSR count). The van der Waals surface area contributed by atoms with Gasteiger partial charge in [0, 0.05) is 31.5 Å². The summed E-state index contributed by atoms with van der Waals surface area (Å²) >= 11 is 0. The van der Waals surface area contributed by atoms with E-state index < -0.39 is 0 Å². The van der Waals surface area contributed by atoms with Crippen molar-refractivity contribution in [2.24, 2.45) is 5.92 Å². The predicted molar refractivity (Wildman–Crippen MR) is 93.9 cm³/mol. The lowest BCUT2D eigenvalue weighted by Crippen LogP contribution is -2.32. The van der Waals surface area contributed by atoms with Gasteiger partial charge in [-0.25, -0.2) is 4.98 Å². The van der Waals surface area contributed by atoms with Gasteiger partial charge in [0.25, 0.3) is 5.56 Å². The van der Waals surface area contributed by atoms with Gasteiger partial charge in [-0.1, -0.05) is 32.1 Å². The first-order valence-corrected chi connectivity index (χ1v) is 9.55. The topological polar surface area (TPSA) is 64.0 Å². The summed E-state index contributed by atoms with van der Waals surface area (Å²) in [7, 11) is 0. The number of nitrogens with zero attached hydrogens (tertiary/aromatic N) is 2. The molecule has 2 saturated carbocycles. The minimum atomic E-state index is -0.00608. The summed E-state index contributed by atoms with van der Waals surface area (Å²) < 4.78 is 1.60. The molecule has 2 aliphatic rings. The minimum Gasteiger partial charge on any atom is -0.354 e. The Bertz CT molecular complexity index is 599. The van der Waals surface area contributed by atoms with Gasteiger partial charge in [-0.2, -0.15) is 0 Å². The van der Waals surface area contributed by atoms with Gasteiger partial charge in [-0.15, -0.1) is 0 Å². The lowest BCUT2D eigenvalue weighted by atomic mass is 9.87. The molecule has 2 aliphatic carbocycles. The van der Waals surface area contributed by atoms with Crippen LogP contribution in [0.3, 0.4) is 0 Å². The predicted octanol–water partition coefficient (Wildman–Crippen LogP) is 2.99. The number of aromatic nitrogens is 2. The second-order valence-corrected chi connectivity index (χ2v) is 7.38. The Morgan fingerprint density at radius 3 is 2.54 bits per heavy atom. The molecule has 132 valence electrons. The lowest BCUT2D eigenvalue weighted by molar-refractivity contribution is -0.122. The molecule has 0 saturated heterocycles. The molecule has 0 aliphatic heterocycles. The third-order valence-corrected chi connectivity index (χ3v) is 5.55. The molecule has 1 heterocycles. The van der Waals surface area contributed by atoms with Crippen LogP contribution in [-0.4, -0.2) is 22.0 Å². The van der Waals surface area contributed by atoms with E-state index in [2.05, 4.69) is 10.3 Å². The van der Waals surface area contributed by atoms with Gasteiger partial charge in [0.1, 0.15) is 0 Å². The standard InChI is InChI=1S/C19H29N3O2/c23-18(12-15-6-2-1-3-7-15)20-10-11-22-14-21-17(13-19(22)24)16-8-4-5-9-16/h13-16H,1-12H2,(H,20,23). The Hall–Kier alpha value is -1.65. The van der Waals surface area contributed by atoms with E-state index in [0.29, 0.717) is 31.3 Å². The average Bonchev–Trinajstić information content (AvgIpc) is 3.12. The number of amides is 1. The summed E-state index contributed by atoms with van der Waals surface area (Å²) in [6.07, 6.45) is 13.2. The normalized spacial score (nSPS) is 19.5. The Kier molecular flexibility index (Phi) is 6.05. The summed E-state index contributed by atoms with van der Waals surface area (Å²) in [5.41, 5.74) is 0.934. The average molecular weight is 331 g/mol. The van der Waals surface area contributed by atoms with Crippen molar-refractivity contribution in [2.45, 2.75) is 76.7 Å². The van der Waals surface area contributed by atoms with Crippen molar-refractivity contribution in [1.82, 2.24) is 14.9 Å². The zero-order valence-electron chi connectivity index (χ0n) is 14.5. The molecule has 5 heteroatoms. The highest BCUT2D eigenvalue weighted by atomic mass is 16.1. The van der Waals surface area contributed by atoms with E-state index in [4.69, 9.17) is 0 Å². The molecule has 0 bridgehead atoms. The van der Waals surface area contributed by atoms with E-state index in [9.17, 15) is 9.59 Å². The van der Waals surface area contributed by atoms with Gasteiger partial charge < -0.3 is 5.32 Å². The minimum absolute atomic E-state index is 0.00608. The summed E-state index contributed by atoms with van der Waals surface area (Å²) in [6, 6.07) is 1.68. The smallest absolute Gasteiger partial charge is 0.253 e. The maximum absolute atomic E-state index is 12.2. The molecule has 24 heavy (non-hydrogen) atoms. The van der Waals surface area contributed by atoms with E-state index in [-0.39, 0.29) is 11.5 Å². The largest absolute Gasteiger partial charge is 0.354 e. The molecule has 0 radical (unpaired) electrons. The zero-order valence-corrected chi connectivity index (χ0v) is 14.5. The molecule has 1 aromatic rings. The number of hydrogen-bond donors (Lipinski definition) is 1. The first-order valence-electron chi connectivity index (χ1n) is 9.55. The quantitative estimate of drug-likeness (QED) is 0.871. The van der Waals surface area contributed by atoms with Crippen LogP contribution in [0.15, 0.2) is 17.2 Å². The van der Waals surface area contributed by atoms with Crippen LogP contribution >= 0.6 is 0 Å². The van der Waals surface area contributed by atoms with Crippen LogP contribution in [0.4, 0.5) is 0 Å². The SMILES string of the molecule is O=C(CC1CCCCC1)NCCn1cnc(C2CCCC2)cc1=O. The second kappa shape index (κ2) is 8.45. The van der Waals surface area contributed by atoms with Crippen molar-refractivity contribution in [2.75, 3.05) is 6.54 Å². The Morgan fingerprint density at radius 2 is 1.83 bits per heavy atom. The molecule has 5 nitrogen and oxygen atoms in total. The van der Waals surface area contributed by atoms with Crippen molar-refractivity contribution in [1.29, 1.82) is 0 Å². The molecule has 2 fully saturated rings. The maximum atomic E-state index is 12.2. The van der Waals surface area contributed by atoms with Crippen LogP contribution in [0.5, 0.6) is 0 Å². The van der Waals surface area contributed by atoms with E-state index in [0.717, 1.165) is 18.5 Å². The van der Waals surface area contributed by atoms with E-state index >= 15 is 0 Å². The van der Waals surface area contributed by atoms with Gasteiger partial charge in [0.15, 0.2) is 0 Å². The summed E-state index contributed by atoms with van der Waals surface area (Å²) in [5, 5.41) is 2.95. The van der Waals surface area contributed by atoms with Crippen LogP contribution in [-0.2, 0) is 11.3 Å². The number of carbonyl (C=O) groups excluding carboxylic acids is 1. The second-order valence-electron chi connectivity index (χ2n) is 7.38. The van der Waals surface area contributed by atoms with Crippen LogP contribution in [0.25, 0.3) is 0 Å². The Balaban J connectivity index is 1.44. The fraction of sp³-hybridized carbons (Fsp3) is 0.737. The molecule has 0 unspecified atom stereocenters. The molecule has 0 atom stereocenters. The first-order chi connectivity index (χ1) is 11.7. The van der Waals surface area contributed by atoms with Gasteiger partial charge in [0.05, 0.1) is 12.0 Å². The molecule has 1 aromatic heterocycles. The van der Waals surface area contributed by atoms with Crippen molar-refractivity contribution < 1.29 is 4.79 Å². The molecule has 0 aromatic carbocycles. The third kappa shape index (κ3) is 4.68. The molecular formula is C19H29N3O2. The van der Waals surface area contributed by atoms with Crippen molar-refractivity contribution >= 4 is 5.91 Å². The molecule has 0 spiro atoms. The monoisotopic (exact) mass is 331 g/mol. The van der Waals surface area contributed by atoms with Crippen molar-refractivity contribution in [3.05, 3.63) is 28.4 Å². The maximum Gasteiger partial charge on any atom is 0.253 e. The summed E-state index contributed by atoms with van der Waals surface area (Å²) in [4.78, 5) is 28.7. The van der Waals surface area contributed by atoms with Gasteiger partial charge >= 0.3 is 0 Å². The molecule has 1 amide bonds. The van der Waals surface area contributed by atoms with Crippen LogP contribution in [0, 0.1) is 5.92 Å². The summed E-state index contributed by atoms with van der Waals surface area (Å²) in [6.45, 7) is 0.989. The number of hydrogen-bond acceptors (Lipinski definition) is 3. The Labute approximate surface area is 143 Å². The number of carbonyl (C=O) groups is 1. The number of rotatable bonds is 6. The number of nitrogens with one attached hydrogen (secondary N) is 1. The van der Waals surface area contributed by atoms with E-state index in [1.165, 1.54) is 44.9 Å². The molecule has 1 N–H and O–H groups in total. The van der Waals surface area contributed by atoms with Crippen molar-refractivity contribution in [3.63, 3.8) is 0 Å². The highest BCUT2D eigenvalue weighted by Crippen LogP contribution is 2.32. The van der Waals surface area contributed by atoms with Crippen LogP contribution in [0.2, 0.25) is 0 Å². The van der Waals surface area contributed by atoms with Gasteiger partial charge in [-0.3, -0.25) is 14.2 Å². The lowest BCUT2D eigenvalue weighted by Gasteiger charge is -2.20. The fourth-order valence-corrected chi connectivity index (χ4v) is 4.09. The van der Waals surface area contributed by atoms with Crippen LogP contribution in [0.1, 0.15) is 75.8 Å². The fourth-order valence-electron chi connectivity index (χ4n) is 4.09.